The van der Waals surface area contributed by atoms with Crippen LogP contribution in [0.1, 0.15) is 40.5 Å². The maximum atomic E-state index is 8.62. The fourth-order valence-electron chi connectivity index (χ4n) is 0.980. The van der Waals surface area contributed by atoms with Crippen LogP contribution in [0, 0.1) is 5.41 Å². The number of nitrogens with one attached hydrogen (secondary N) is 1. The normalized spacial score (nSPS) is 14.8. The summed E-state index contributed by atoms with van der Waals surface area (Å²) in [6, 6.07) is 0.524. The molecular formula is C10H23NO. The van der Waals surface area contributed by atoms with Gasteiger partial charge in [-0.25, -0.2) is 0 Å². The fourth-order valence-corrected chi connectivity index (χ4v) is 0.980. The lowest BCUT2D eigenvalue weighted by atomic mass is 9.96. The van der Waals surface area contributed by atoms with E-state index in [1.807, 2.05) is 0 Å². The molecule has 0 aliphatic rings. The van der Waals surface area contributed by atoms with Crippen LogP contribution in [0.25, 0.3) is 0 Å². The van der Waals surface area contributed by atoms with Crippen LogP contribution in [-0.4, -0.2) is 24.3 Å². The Morgan fingerprint density at radius 2 is 1.92 bits per heavy atom. The number of hydrogen-bond acceptors (Lipinski definition) is 2. The Morgan fingerprint density at radius 3 is 2.33 bits per heavy atom. The molecule has 0 amide bonds. The maximum Gasteiger partial charge on any atom is 0.0431 e. The van der Waals surface area contributed by atoms with Gasteiger partial charge in [0.25, 0.3) is 0 Å². The highest BCUT2D eigenvalue weighted by Crippen LogP contribution is 2.11. The summed E-state index contributed by atoms with van der Waals surface area (Å²) in [5.74, 6) is 0. The molecule has 0 radical (unpaired) electrons. The molecule has 12 heavy (non-hydrogen) atoms. The Bertz CT molecular complexity index is 107. The molecule has 1 unspecified atom stereocenters. The standard InChI is InChI=1S/C10H23NO/c1-9(6-5-7-12)11-8-10(2,3)4/h9,11-12H,5-8H2,1-4H3. The number of hydrogen-bond donors (Lipinski definition) is 2. The molecule has 2 heteroatoms. The molecule has 0 aromatic rings. The van der Waals surface area contributed by atoms with Gasteiger partial charge >= 0.3 is 0 Å². The Morgan fingerprint density at radius 1 is 1.33 bits per heavy atom. The van der Waals surface area contributed by atoms with Gasteiger partial charge < -0.3 is 10.4 Å². The van der Waals surface area contributed by atoms with Crippen molar-refractivity contribution in [3.8, 4) is 0 Å². The fraction of sp³-hybridized carbons (Fsp3) is 1.00. The first-order valence-electron chi connectivity index (χ1n) is 4.80. The van der Waals surface area contributed by atoms with E-state index in [4.69, 9.17) is 5.11 Å². The molecule has 0 bridgehead atoms. The molecule has 0 aliphatic heterocycles. The van der Waals surface area contributed by atoms with Crippen LogP contribution in [-0.2, 0) is 0 Å². The monoisotopic (exact) mass is 173 g/mol. The van der Waals surface area contributed by atoms with E-state index in [2.05, 4.69) is 33.0 Å². The lowest BCUT2D eigenvalue weighted by Crippen LogP contribution is -2.34. The predicted molar refractivity (Wildman–Crippen MR) is 53.2 cm³/mol. The maximum absolute atomic E-state index is 8.62. The van der Waals surface area contributed by atoms with Crippen molar-refractivity contribution in [3.05, 3.63) is 0 Å². The highest BCUT2D eigenvalue weighted by molar-refractivity contribution is 4.68. The predicted octanol–water partition coefficient (Wildman–Crippen LogP) is 1.78. The van der Waals surface area contributed by atoms with Gasteiger partial charge in [-0.3, -0.25) is 0 Å². The van der Waals surface area contributed by atoms with Crippen LogP contribution in [0.3, 0.4) is 0 Å². The van der Waals surface area contributed by atoms with Crippen LogP contribution >= 0.6 is 0 Å². The second kappa shape index (κ2) is 5.55. The third-order valence-corrected chi connectivity index (χ3v) is 1.78. The van der Waals surface area contributed by atoms with Gasteiger partial charge in [-0.05, 0) is 25.2 Å². The van der Waals surface area contributed by atoms with Crippen molar-refractivity contribution >= 4 is 0 Å². The number of aliphatic hydroxyl groups is 1. The van der Waals surface area contributed by atoms with Crippen molar-refractivity contribution in [2.75, 3.05) is 13.2 Å². The summed E-state index contributed by atoms with van der Waals surface area (Å²) in [6.45, 7) is 10.2. The van der Waals surface area contributed by atoms with Crippen LogP contribution in [0.4, 0.5) is 0 Å². The van der Waals surface area contributed by atoms with Crippen LogP contribution in [0.15, 0.2) is 0 Å². The van der Waals surface area contributed by atoms with E-state index in [9.17, 15) is 0 Å². The smallest absolute Gasteiger partial charge is 0.0431 e. The van der Waals surface area contributed by atoms with Crippen molar-refractivity contribution in [3.63, 3.8) is 0 Å². The third kappa shape index (κ3) is 8.02. The van der Waals surface area contributed by atoms with Gasteiger partial charge in [-0.2, -0.15) is 0 Å². The average Bonchev–Trinajstić information content (AvgIpc) is 1.95. The van der Waals surface area contributed by atoms with E-state index in [-0.39, 0.29) is 0 Å². The van der Waals surface area contributed by atoms with Gasteiger partial charge in [0, 0.05) is 19.2 Å². The number of rotatable bonds is 5. The van der Waals surface area contributed by atoms with Crippen molar-refractivity contribution in [2.24, 2.45) is 5.41 Å². The molecule has 0 spiro atoms. The lowest BCUT2D eigenvalue weighted by molar-refractivity contribution is 0.271. The first-order valence-corrected chi connectivity index (χ1v) is 4.80. The molecule has 0 aromatic carbocycles. The van der Waals surface area contributed by atoms with Gasteiger partial charge in [0.15, 0.2) is 0 Å². The summed E-state index contributed by atoms with van der Waals surface area (Å²) in [6.07, 6.45) is 1.96. The molecule has 0 aromatic heterocycles. The molecule has 74 valence electrons. The molecule has 0 fully saturated rings. The van der Waals surface area contributed by atoms with Crippen LogP contribution in [0.2, 0.25) is 0 Å². The quantitative estimate of drug-likeness (QED) is 0.664. The van der Waals surface area contributed by atoms with Crippen molar-refractivity contribution < 1.29 is 5.11 Å². The van der Waals surface area contributed by atoms with Gasteiger partial charge in [-0.1, -0.05) is 20.8 Å². The van der Waals surface area contributed by atoms with E-state index in [0.717, 1.165) is 19.4 Å². The summed E-state index contributed by atoms with van der Waals surface area (Å²) in [5.41, 5.74) is 0.355. The summed E-state index contributed by atoms with van der Waals surface area (Å²) in [4.78, 5) is 0. The minimum absolute atomic E-state index is 0.307. The molecule has 0 aliphatic carbocycles. The third-order valence-electron chi connectivity index (χ3n) is 1.78. The van der Waals surface area contributed by atoms with Crippen molar-refractivity contribution in [1.29, 1.82) is 0 Å². The second-order valence-electron chi connectivity index (χ2n) is 4.71. The lowest BCUT2D eigenvalue weighted by Gasteiger charge is -2.22. The first kappa shape index (κ1) is 11.9. The minimum Gasteiger partial charge on any atom is -0.396 e. The minimum atomic E-state index is 0.307. The van der Waals surface area contributed by atoms with Crippen LogP contribution < -0.4 is 5.32 Å². The van der Waals surface area contributed by atoms with Crippen LogP contribution in [0.5, 0.6) is 0 Å². The zero-order valence-corrected chi connectivity index (χ0v) is 8.85. The van der Waals surface area contributed by atoms with Crippen molar-refractivity contribution in [2.45, 2.75) is 46.6 Å². The van der Waals surface area contributed by atoms with Crippen molar-refractivity contribution in [1.82, 2.24) is 5.32 Å². The molecule has 2 nitrogen and oxygen atoms in total. The molecule has 0 rings (SSSR count). The number of aliphatic hydroxyl groups excluding tert-OH is 1. The van der Waals surface area contributed by atoms with E-state index in [0.29, 0.717) is 18.1 Å². The van der Waals surface area contributed by atoms with E-state index >= 15 is 0 Å². The first-order chi connectivity index (χ1) is 5.45. The second-order valence-corrected chi connectivity index (χ2v) is 4.71. The van der Waals surface area contributed by atoms with Gasteiger partial charge in [-0.15, -0.1) is 0 Å². The Labute approximate surface area is 76.4 Å². The van der Waals surface area contributed by atoms with E-state index < -0.39 is 0 Å². The average molecular weight is 173 g/mol. The van der Waals surface area contributed by atoms with E-state index in [1.54, 1.807) is 0 Å². The van der Waals surface area contributed by atoms with E-state index in [1.165, 1.54) is 0 Å². The Kier molecular flexibility index (Phi) is 5.51. The zero-order valence-electron chi connectivity index (χ0n) is 8.85. The Hall–Kier alpha value is -0.0800. The topological polar surface area (TPSA) is 32.3 Å². The SMILES string of the molecule is CC(CCCO)NCC(C)(C)C. The summed E-state index contributed by atoms with van der Waals surface area (Å²) in [7, 11) is 0. The highest BCUT2D eigenvalue weighted by Gasteiger charge is 2.10. The van der Waals surface area contributed by atoms with Gasteiger partial charge in [0.2, 0.25) is 0 Å². The van der Waals surface area contributed by atoms with Gasteiger partial charge in [0.05, 0.1) is 0 Å². The largest absolute Gasteiger partial charge is 0.396 e. The molecular weight excluding hydrogens is 150 g/mol. The molecule has 0 saturated heterocycles. The van der Waals surface area contributed by atoms with Gasteiger partial charge in [0.1, 0.15) is 0 Å². The highest BCUT2D eigenvalue weighted by atomic mass is 16.2. The Balaban J connectivity index is 3.37. The molecule has 1 atom stereocenters. The summed E-state index contributed by atoms with van der Waals surface area (Å²) < 4.78 is 0. The molecule has 0 saturated carbocycles. The molecule has 2 N–H and O–H groups in total. The summed E-state index contributed by atoms with van der Waals surface area (Å²) in [5, 5.41) is 12.1. The summed E-state index contributed by atoms with van der Waals surface area (Å²) >= 11 is 0. The molecule has 0 heterocycles. The zero-order chi connectivity index (χ0) is 9.61.